The van der Waals surface area contributed by atoms with E-state index in [4.69, 9.17) is 4.74 Å². The molecule has 7 nitrogen and oxygen atoms in total. The fourth-order valence-electron chi connectivity index (χ4n) is 3.87. The van der Waals surface area contributed by atoms with Gasteiger partial charge in [-0.15, -0.1) is 0 Å². The zero-order valence-electron chi connectivity index (χ0n) is 19.3. The number of carbonyl (C=O) groups is 2. The molecule has 172 valence electrons. The molecule has 1 atom stereocenters. The molecule has 1 aliphatic heterocycles. The van der Waals surface area contributed by atoms with Crippen LogP contribution in [0.25, 0.3) is 0 Å². The second-order valence-electron chi connectivity index (χ2n) is 8.36. The largest absolute Gasteiger partial charge is 0.494 e. The molecule has 1 aliphatic rings. The molecule has 0 spiro atoms. The Labute approximate surface area is 190 Å². The first kappa shape index (κ1) is 23.6. The van der Waals surface area contributed by atoms with E-state index in [1.165, 1.54) is 0 Å². The molecular formula is C25H34N4O3. The number of carbonyl (C=O) groups excluding carboxylic acids is 2. The monoisotopic (exact) mass is 438 g/mol. The smallest absolute Gasteiger partial charge is 0.321 e. The third kappa shape index (κ3) is 6.72. The van der Waals surface area contributed by atoms with E-state index in [1.807, 2.05) is 73.3 Å². The van der Waals surface area contributed by atoms with Gasteiger partial charge in [0.15, 0.2) is 0 Å². The zero-order valence-corrected chi connectivity index (χ0v) is 19.3. The van der Waals surface area contributed by atoms with E-state index < -0.39 is 0 Å². The summed E-state index contributed by atoms with van der Waals surface area (Å²) < 4.78 is 5.45. The van der Waals surface area contributed by atoms with Crippen molar-refractivity contribution in [2.45, 2.75) is 25.7 Å². The van der Waals surface area contributed by atoms with Crippen LogP contribution >= 0.6 is 0 Å². The summed E-state index contributed by atoms with van der Waals surface area (Å²) in [6, 6.07) is 15.1. The summed E-state index contributed by atoms with van der Waals surface area (Å²) in [5.74, 6) is 0.938. The first-order valence-electron chi connectivity index (χ1n) is 11.3. The van der Waals surface area contributed by atoms with Gasteiger partial charge in [-0.05, 0) is 75.8 Å². The van der Waals surface area contributed by atoms with E-state index in [1.54, 1.807) is 0 Å². The van der Waals surface area contributed by atoms with Crippen LogP contribution in [-0.4, -0.2) is 68.6 Å². The van der Waals surface area contributed by atoms with Crippen molar-refractivity contribution in [2.75, 3.05) is 52.2 Å². The number of hydrogen-bond acceptors (Lipinski definition) is 4. The number of hydrogen-bond donors (Lipinski definition) is 2. The highest BCUT2D eigenvalue weighted by molar-refractivity contribution is 5.94. The number of amides is 3. The van der Waals surface area contributed by atoms with E-state index in [-0.39, 0.29) is 17.9 Å². The van der Waals surface area contributed by atoms with Crippen LogP contribution in [0.4, 0.5) is 10.5 Å². The predicted molar refractivity (Wildman–Crippen MR) is 128 cm³/mol. The Balaban J connectivity index is 1.59. The average Bonchev–Trinajstić information content (AvgIpc) is 2.80. The van der Waals surface area contributed by atoms with Crippen molar-refractivity contribution >= 4 is 17.6 Å². The van der Waals surface area contributed by atoms with Gasteiger partial charge in [-0.2, -0.15) is 0 Å². The van der Waals surface area contributed by atoms with Crippen LogP contribution in [0.5, 0.6) is 5.75 Å². The molecule has 0 unspecified atom stereocenters. The molecule has 2 aromatic rings. The molecule has 0 aliphatic carbocycles. The van der Waals surface area contributed by atoms with Crippen LogP contribution in [0.1, 0.15) is 41.6 Å². The van der Waals surface area contributed by atoms with Crippen molar-refractivity contribution in [1.29, 1.82) is 0 Å². The quantitative estimate of drug-likeness (QED) is 0.658. The summed E-state index contributed by atoms with van der Waals surface area (Å²) in [5.41, 5.74) is 2.51. The lowest BCUT2D eigenvalue weighted by Gasteiger charge is -2.33. The van der Waals surface area contributed by atoms with Crippen molar-refractivity contribution in [2.24, 2.45) is 0 Å². The molecule has 7 heteroatoms. The predicted octanol–water partition coefficient (Wildman–Crippen LogP) is 3.79. The Kier molecular flexibility index (Phi) is 8.50. The van der Waals surface area contributed by atoms with Crippen LogP contribution in [-0.2, 0) is 0 Å². The molecule has 0 bridgehead atoms. The molecule has 2 N–H and O–H groups in total. The molecule has 0 aromatic heterocycles. The molecule has 2 aromatic carbocycles. The van der Waals surface area contributed by atoms with Gasteiger partial charge in [-0.3, -0.25) is 4.79 Å². The standard InChI is InChI=1S/C25H34N4O3/c1-4-32-23-12-10-22(11-13-23)27-25(31)29-15-6-9-21(18-29)19-7-5-8-20(17-19)24(30)26-14-16-28(2)3/h5,7-8,10-13,17,21H,4,6,9,14-16,18H2,1-3H3,(H,26,30)(H,27,31)/t21-/m0/s1. The fraction of sp³-hybridized carbons (Fsp3) is 0.440. The van der Waals surface area contributed by atoms with Crippen LogP contribution in [0.15, 0.2) is 48.5 Å². The molecule has 32 heavy (non-hydrogen) atoms. The lowest BCUT2D eigenvalue weighted by atomic mass is 9.89. The van der Waals surface area contributed by atoms with E-state index in [2.05, 4.69) is 16.7 Å². The number of nitrogens with zero attached hydrogens (tertiary/aromatic N) is 2. The van der Waals surface area contributed by atoms with Gasteiger partial charge in [0.1, 0.15) is 5.75 Å². The van der Waals surface area contributed by atoms with Crippen LogP contribution in [0, 0.1) is 0 Å². The maximum atomic E-state index is 12.8. The lowest BCUT2D eigenvalue weighted by Crippen LogP contribution is -2.41. The Morgan fingerprint density at radius 3 is 2.66 bits per heavy atom. The summed E-state index contributed by atoms with van der Waals surface area (Å²) in [7, 11) is 3.96. The van der Waals surface area contributed by atoms with E-state index in [0.29, 0.717) is 25.3 Å². The van der Waals surface area contributed by atoms with Gasteiger partial charge in [-0.1, -0.05) is 12.1 Å². The van der Waals surface area contributed by atoms with Crippen LogP contribution in [0.2, 0.25) is 0 Å². The molecular weight excluding hydrogens is 404 g/mol. The van der Waals surface area contributed by atoms with Gasteiger partial charge in [0.05, 0.1) is 6.61 Å². The summed E-state index contributed by atoms with van der Waals surface area (Å²) in [4.78, 5) is 29.2. The highest BCUT2D eigenvalue weighted by Gasteiger charge is 2.25. The van der Waals surface area contributed by atoms with Gasteiger partial charge in [-0.25, -0.2) is 4.79 Å². The average molecular weight is 439 g/mol. The third-order valence-electron chi connectivity index (χ3n) is 5.59. The number of urea groups is 1. The summed E-state index contributed by atoms with van der Waals surface area (Å²) in [5, 5.41) is 5.94. The zero-order chi connectivity index (χ0) is 22.9. The van der Waals surface area contributed by atoms with E-state index in [9.17, 15) is 9.59 Å². The maximum absolute atomic E-state index is 12.8. The van der Waals surface area contributed by atoms with Crippen LogP contribution < -0.4 is 15.4 Å². The normalized spacial score (nSPS) is 16.0. The van der Waals surface area contributed by atoms with Crippen LogP contribution in [0.3, 0.4) is 0 Å². The van der Waals surface area contributed by atoms with E-state index in [0.717, 1.165) is 42.9 Å². The van der Waals surface area contributed by atoms with Crippen molar-refractivity contribution < 1.29 is 14.3 Å². The highest BCUT2D eigenvalue weighted by Crippen LogP contribution is 2.28. The summed E-state index contributed by atoms with van der Waals surface area (Å²) in [6.45, 7) is 5.32. The molecule has 3 rings (SSSR count). The first-order valence-corrected chi connectivity index (χ1v) is 11.3. The highest BCUT2D eigenvalue weighted by atomic mass is 16.5. The first-order chi connectivity index (χ1) is 15.5. The van der Waals surface area contributed by atoms with Crippen molar-refractivity contribution in [3.05, 3.63) is 59.7 Å². The molecule has 0 saturated carbocycles. The number of ether oxygens (including phenoxy) is 1. The van der Waals surface area contributed by atoms with Crippen molar-refractivity contribution in [3.63, 3.8) is 0 Å². The Hall–Kier alpha value is -3.06. The van der Waals surface area contributed by atoms with E-state index >= 15 is 0 Å². The fourth-order valence-corrected chi connectivity index (χ4v) is 3.87. The summed E-state index contributed by atoms with van der Waals surface area (Å²) >= 11 is 0. The maximum Gasteiger partial charge on any atom is 0.321 e. The minimum Gasteiger partial charge on any atom is -0.494 e. The third-order valence-corrected chi connectivity index (χ3v) is 5.59. The summed E-state index contributed by atoms with van der Waals surface area (Å²) in [6.07, 6.45) is 1.93. The van der Waals surface area contributed by atoms with Gasteiger partial charge in [0, 0.05) is 43.3 Å². The minimum atomic E-state index is -0.101. The second kappa shape index (κ2) is 11.5. The molecule has 1 saturated heterocycles. The molecule has 0 radical (unpaired) electrons. The van der Waals surface area contributed by atoms with Crippen molar-refractivity contribution in [1.82, 2.24) is 15.1 Å². The van der Waals surface area contributed by atoms with Crippen molar-refractivity contribution in [3.8, 4) is 5.75 Å². The van der Waals surface area contributed by atoms with Gasteiger partial charge in [0.25, 0.3) is 5.91 Å². The molecule has 3 amide bonds. The number of likely N-dealkylation sites (tertiary alicyclic amines) is 1. The molecule has 1 fully saturated rings. The Morgan fingerprint density at radius 1 is 1.16 bits per heavy atom. The second-order valence-corrected chi connectivity index (χ2v) is 8.36. The minimum absolute atomic E-state index is 0.0605. The SMILES string of the molecule is CCOc1ccc(NC(=O)N2CCC[C@H](c3cccc(C(=O)NCCN(C)C)c3)C2)cc1. The van der Waals surface area contributed by atoms with Gasteiger partial charge >= 0.3 is 6.03 Å². The van der Waals surface area contributed by atoms with Gasteiger partial charge in [0.2, 0.25) is 0 Å². The number of piperidine rings is 1. The number of rotatable bonds is 8. The number of anilines is 1. The number of nitrogens with one attached hydrogen (secondary N) is 2. The topological polar surface area (TPSA) is 73.9 Å². The molecule has 1 heterocycles. The van der Waals surface area contributed by atoms with Gasteiger partial charge < -0.3 is 25.2 Å². The number of likely N-dealkylation sites (N-methyl/N-ethyl adjacent to an activating group) is 1. The Bertz CT molecular complexity index is 898. The number of benzene rings is 2. The Morgan fingerprint density at radius 2 is 1.94 bits per heavy atom. The lowest BCUT2D eigenvalue weighted by molar-refractivity contribution is 0.0950.